The number of hydrogen-bond acceptors (Lipinski definition) is 4. The number of hydrogen-bond donors (Lipinski definition) is 3. The number of aliphatic hydroxyl groups excluding tert-OH is 2. The number of fused-ring (bicyclic) bond motifs is 3. The van der Waals surface area contributed by atoms with Crippen molar-refractivity contribution in [1.82, 2.24) is 4.90 Å². The van der Waals surface area contributed by atoms with Gasteiger partial charge in [-0.15, -0.1) is 0 Å². The molecule has 170 valence electrons. The van der Waals surface area contributed by atoms with Gasteiger partial charge in [0.15, 0.2) is 0 Å². The lowest BCUT2D eigenvalue weighted by Crippen LogP contribution is -2.51. The van der Waals surface area contributed by atoms with E-state index in [1.165, 1.54) is 12.8 Å². The van der Waals surface area contributed by atoms with Gasteiger partial charge < -0.3 is 15.3 Å². The van der Waals surface area contributed by atoms with Gasteiger partial charge in [-0.3, -0.25) is 9.69 Å². The summed E-state index contributed by atoms with van der Waals surface area (Å²) in [5.74, 6) is 0.691. The SMILES string of the molecule is CC(C)(C)C1CCC([C@@H](O)/C=C/[C@@H]2[C@H]3CC4CCCC(C(=O)O)N4[C@@H]3C[C@H]2O)CC1. The van der Waals surface area contributed by atoms with Crippen molar-refractivity contribution in [3.05, 3.63) is 12.2 Å². The fraction of sp³-hybridized carbons (Fsp3) is 0.880. The first kappa shape index (κ1) is 22.3. The Balaban J connectivity index is 1.38. The standard InChI is InChI=1S/C25H41NO4/c1-25(2,3)16-9-7-15(8-10-16)22(27)12-11-18-19-13-17-5-4-6-20(24(29)30)26(17)21(19)14-23(18)28/h11-12,15-23,27-28H,4-10,13-14H2,1-3H3,(H,29,30)/b12-11+/t15?,16?,17?,18-,19-,20?,21-,22+,23-/m1/s1. The second-order valence-electron chi connectivity index (χ2n) is 11.6. The van der Waals surface area contributed by atoms with Crippen LogP contribution in [0.5, 0.6) is 0 Å². The van der Waals surface area contributed by atoms with E-state index in [1.807, 2.05) is 6.08 Å². The molecule has 0 spiro atoms. The molecule has 5 heteroatoms. The highest BCUT2D eigenvalue weighted by Crippen LogP contribution is 2.49. The Morgan fingerprint density at radius 3 is 2.40 bits per heavy atom. The molecule has 5 nitrogen and oxygen atoms in total. The fourth-order valence-corrected chi connectivity index (χ4v) is 7.18. The van der Waals surface area contributed by atoms with Crippen LogP contribution in [0.3, 0.4) is 0 Å². The molecule has 2 saturated carbocycles. The minimum atomic E-state index is -0.713. The molecule has 4 rings (SSSR count). The van der Waals surface area contributed by atoms with E-state index < -0.39 is 24.2 Å². The highest BCUT2D eigenvalue weighted by molar-refractivity contribution is 5.73. The molecule has 7 atom stereocenters. The van der Waals surface area contributed by atoms with Crippen LogP contribution in [-0.2, 0) is 4.79 Å². The monoisotopic (exact) mass is 419 g/mol. The van der Waals surface area contributed by atoms with Gasteiger partial charge in [0.1, 0.15) is 6.04 Å². The van der Waals surface area contributed by atoms with Gasteiger partial charge in [-0.05, 0) is 81.0 Å². The average molecular weight is 420 g/mol. The summed E-state index contributed by atoms with van der Waals surface area (Å²) in [4.78, 5) is 14.0. The van der Waals surface area contributed by atoms with Crippen molar-refractivity contribution in [1.29, 1.82) is 0 Å². The molecule has 0 radical (unpaired) electrons. The first-order valence-corrected chi connectivity index (χ1v) is 12.2. The van der Waals surface area contributed by atoms with Crippen LogP contribution in [0.15, 0.2) is 12.2 Å². The molecule has 4 fully saturated rings. The molecule has 2 aliphatic carbocycles. The van der Waals surface area contributed by atoms with Crippen LogP contribution in [0.2, 0.25) is 0 Å². The number of nitrogens with zero attached hydrogens (tertiary/aromatic N) is 1. The molecule has 30 heavy (non-hydrogen) atoms. The van der Waals surface area contributed by atoms with Crippen molar-refractivity contribution in [2.75, 3.05) is 0 Å². The van der Waals surface area contributed by atoms with E-state index >= 15 is 0 Å². The predicted molar refractivity (Wildman–Crippen MR) is 117 cm³/mol. The Hall–Kier alpha value is -0.910. The van der Waals surface area contributed by atoms with Crippen molar-refractivity contribution < 1.29 is 20.1 Å². The third-order valence-corrected chi connectivity index (χ3v) is 8.93. The molecule has 0 bridgehead atoms. The maximum atomic E-state index is 11.8. The number of carboxylic acids is 1. The zero-order valence-electron chi connectivity index (χ0n) is 18.9. The van der Waals surface area contributed by atoms with Gasteiger partial charge in [0, 0.05) is 18.0 Å². The highest BCUT2D eigenvalue weighted by Gasteiger charge is 2.55. The topological polar surface area (TPSA) is 81.0 Å². The summed E-state index contributed by atoms with van der Waals surface area (Å²) in [7, 11) is 0. The number of aliphatic carboxylic acids is 1. The normalized spacial score (nSPS) is 43.5. The lowest BCUT2D eigenvalue weighted by atomic mass is 9.69. The smallest absolute Gasteiger partial charge is 0.320 e. The second kappa shape index (κ2) is 8.55. The summed E-state index contributed by atoms with van der Waals surface area (Å²) in [5.41, 5.74) is 0.344. The maximum Gasteiger partial charge on any atom is 0.320 e. The van der Waals surface area contributed by atoms with E-state index in [1.54, 1.807) is 0 Å². The van der Waals surface area contributed by atoms with E-state index in [9.17, 15) is 20.1 Å². The number of rotatable bonds is 4. The molecule has 3 N–H and O–H groups in total. The van der Waals surface area contributed by atoms with Gasteiger partial charge in [-0.2, -0.15) is 0 Å². The van der Waals surface area contributed by atoms with Crippen molar-refractivity contribution in [3.63, 3.8) is 0 Å². The van der Waals surface area contributed by atoms with Crippen LogP contribution in [0.1, 0.15) is 78.6 Å². The number of carbonyl (C=O) groups is 1. The number of aliphatic hydroxyl groups is 2. The zero-order valence-corrected chi connectivity index (χ0v) is 18.9. The Labute approximate surface area is 181 Å². The van der Waals surface area contributed by atoms with Crippen LogP contribution >= 0.6 is 0 Å². The van der Waals surface area contributed by atoms with E-state index in [0.717, 1.165) is 44.4 Å². The summed E-state index contributed by atoms with van der Waals surface area (Å²) in [6, 6.07) is 0.119. The molecule has 2 aliphatic heterocycles. The van der Waals surface area contributed by atoms with E-state index in [0.29, 0.717) is 29.7 Å². The summed E-state index contributed by atoms with van der Waals surface area (Å²) >= 11 is 0. The van der Waals surface area contributed by atoms with Crippen LogP contribution in [-0.4, -0.2) is 56.5 Å². The van der Waals surface area contributed by atoms with Crippen molar-refractivity contribution >= 4 is 5.97 Å². The minimum absolute atomic E-state index is 0.0376. The van der Waals surface area contributed by atoms with Crippen molar-refractivity contribution in [3.8, 4) is 0 Å². The third-order valence-electron chi connectivity index (χ3n) is 8.93. The first-order valence-electron chi connectivity index (χ1n) is 12.2. The first-order chi connectivity index (χ1) is 14.2. The Morgan fingerprint density at radius 2 is 1.77 bits per heavy atom. The van der Waals surface area contributed by atoms with Gasteiger partial charge in [-0.25, -0.2) is 0 Å². The van der Waals surface area contributed by atoms with E-state index in [4.69, 9.17) is 0 Å². The van der Waals surface area contributed by atoms with Crippen LogP contribution in [0.25, 0.3) is 0 Å². The van der Waals surface area contributed by atoms with Gasteiger partial charge in [-0.1, -0.05) is 32.9 Å². The molecule has 0 aromatic heterocycles. The summed E-state index contributed by atoms with van der Waals surface area (Å²) in [5, 5.41) is 31.2. The van der Waals surface area contributed by atoms with E-state index in [2.05, 4.69) is 31.7 Å². The predicted octanol–water partition coefficient (Wildman–Crippen LogP) is 3.83. The van der Waals surface area contributed by atoms with Crippen molar-refractivity contribution in [2.24, 2.45) is 29.1 Å². The van der Waals surface area contributed by atoms with E-state index in [-0.39, 0.29) is 12.0 Å². The average Bonchev–Trinajstić information content (AvgIpc) is 3.19. The summed E-state index contributed by atoms with van der Waals surface area (Å²) < 4.78 is 0. The number of carboxylic acid groups (broad SMARTS) is 1. The Kier molecular flexibility index (Phi) is 6.36. The van der Waals surface area contributed by atoms with Crippen LogP contribution in [0, 0.1) is 29.1 Å². The molecular weight excluding hydrogens is 378 g/mol. The van der Waals surface area contributed by atoms with Gasteiger partial charge in [0.2, 0.25) is 0 Å². The largest absolute Gasteiger partial charge is 0.480 e. The molecule has 2 heterocycles. The molecule has 4 aliphatic rings. The summed E-state index contributed by atoms with van der Waals surface area (Å²) in [6.07, 6.45) is 12.1. The number of piperidine rings is 1. The van der Waals surface area contributed by atoms with Crippen LogP contribution in [0.4, 0.5) is 0 Å². The molecule has 2 saturated heterocycles. The molecule has 0 amide bonds. The second-order valence-corrected chi connectivity index (χ2v) is 11.6. The molecular formula is C25H41NO4. The lowest BCUT2D eigenvalue weighted by Gasteiger charge is -2.38. The minimum Gasteiger partial charge on any atom is -0.480 e. The van der Waals surface area contributed by atoms with Gasteiger partial charge in [0.05, 0.1) is 12.2 Å². The molecule has 2 unspecified atom stereocenters. The van der Waals surface area contributed by atoms with Crippen LogP contribution < -0.4 is 0 Å². The molecule has 0 aromatic rings. The highest BCUT2D eigenvalue weighted by atomic mass is 16.4. The van der Waals surface area contributed by atoms with Gasteiger partial charge >= 0.3 is 5.97 Å². The zero-order chi connectivity index (χ0) is 21.6. The third kappa shape index (κ3) is 4.22. The lowest BCUT2D eigenvalue weighted by molar-refractivity contribution is -0.146. The summed E-state index contributed by atoms with van der Waals surface area (Å²) in [6.45, 7) is 6.95. The van der Waals surface area contributed by atoms with Gasteiger partial charge in [0.25, 0.3) is 0 Å². The Morgan fingerprint density at radius 1 is 1.07 bits per heavy atom. The quantitative estimate of drug-likeness (QED) is 0.604. The van der Waals surface area contributed by atoms with Crippen molar-refractivity contribution in [2.45, 2.75) is 109 Å². The molecule has 0 aromatic carbocycles. The Bertz CT molecular complexity index is 648. The fourth-order valence-electron chi connectivity index (χ4n) is 7.18. The maximum absolute atomic E-state index is 11.8.